The topological polar surface area (TPSA) is 109 Å². The highest BCUT2D eigenvalue weighted by molar-refractivity contribution is 5.87. The van der Waals surface area contributed by atoms with Crippen LogP contribution in [-0.2, 0) is 29.0 Å². The smallest absolute Gasteiger partial charge is 0.413 e. The van der Waals surface area contributed by atoms with Gasteiger partial charge in [0.1, 0.15) is 11.9 Å². The van der Waals surface area contributed by atoms with Gasteiger partial charge >= 0.3 is 12.1 Å². The average molecular weight is 625 g/mol. The monoisotopic (exact) mass is 624 g/mol. The van der Waals surface area contributed by atoms with E-state index in [0.29, 0.717) is 38.3 Å². The third kappa shape index (κ3) is 7.00. The van der Waals surface area contributed by atoms with Gasteiger partial charge < -0.3 is 25.0 Å². The number of piperazine rings is 1. The molecule has 2 atom stereocenters. The first-order chi connectivity index (χ1) is 22.2. The molecule has 1 unspecified atom stereocenters. The van der Waals surface area contributed by atoms with Gasteiger partial charge in [-0.3, -0.25) is 9.69 Å². The van der Waals surface area contributed by atoms with E-state index in [-0.39, 0.29) is 24.2 Å². The van der Waals surface area contributed by atoms with Gasteiger partial charge in [0.2, 0.25) is 5.91 Å². The number of ether oxygens (including phenoxy) is 1. The molecule has 4 amide bonds. The van der Waals surface area contributed by atoms with Crippen molar-refractivity contribution in [2.24, 2.45) is 0 Å². The van der Waals surface area contributed by atoms with E-state index in [1.165, 1.54) is 12.0 Å². The van der Waals surface area contributed by atoms with Crippen LogP contribution in [0.1, 0.15) is 16.7 Å². The summed E-state index contributed by atoms with van der Waals surface area (Å²) in [5, 5.41) is 16.3. The number of fused-ring (bicyclic) bond motifs is 1. The first-order valence-corrected chi connectivity index (χ1v) is 15.1. The lowest BCUT2D eigenvalue weighted by Crippen LogP contribution is -2.74. The van der Waals surface area contributed by atoms with Gasteiger partial charge in [-0.25, -0.2) is 19.6 Å². The van der Waals surface area contributed by atoms with Crippen molar-refractivity contribution in [3.05, 3.63) is 120 Å². The number of phenolic OH excluding ortho intramolecular Hbond substituents is 1. The highest BCUT2D eigenvalue weighted by atomic mass is 16.5. The van der Waals surface area contributed by atoms with Crippen LogP contribution in [-0.4, -0.2) is 89.0 Å². The summed E-state index contributed by atoms with van der Waals surface area (Å²) < 4.78 is 4.89. The van der Waals surface area contributed by atoms with Crippen molar-refractivity contribution in [2.45, 2.75) is 31.7 Å². The van der Waals surface area contributed by atoms with Crippen LogP contribution in [0, 0.1) is 0 Å². The molecule has 0 radical (unpaired) electrons. The van der Waals surface area contributed by atoms with Crippen LogP contribution in [0.5, 0.6) is 5.75 Å². The summed E-state index contributed by atoms with van der Waals surface area (Å²) >= 11 is 0. The third-order valence-electron chi connectivity index (χ3n) is 8.34. The molecular formula is C35H40N6O5. The Hall–Kier alpha value is -5.29. The van der Waals surface area contributed by atoms with Gasteiger partial charge in [-0.1, -0.05) is 67.3 Å². The normalized spacial score (nSPS) is 18.2. The largest absolute Gasteiger partial charge is 0.508 e. The molecule has 2 saturated heterocycles. The number of methoxy groups -OCH3 is 1. The van der Waals surface area contributed by atoms with Crippen LogP contribution in [0.15, 0.2) is 104 Å². The second kappa shape index (κ2) is 14.2. The predicted octanol–water partition coefficient (Wildman–Crippen LogP) is 4.32. The molecule has 2 heterocycles. The highest BCUT2D eigenvalue weighted by Gasteiger charge is 2.49. The molecule has 2 fully saturated rings. The Balaban J connectivity index is 1.49. The number of hydrogen-bond acceptors (Lipinski definition) is 7. The second-order valence-electron chi connectivity index (χ2n) is 11.4. The maximum Gasteiger partial charge on any atom is 0.413 e. The summed E-state index contributed by atoms with van der Waals surface area (Å²) in [6.45, 7) is 9.69. The number of amides is 4. The van der Waals surface area contributed by atoms with Gasteiger partial charge in [-0.05, 0) is 47.4 Å². The lowest BCUT2D eigenvalue weighted by molar-refractivity contribution is -0.177. The Morgan fingerprint density at radius 1 is 1.04 bits per heavy atom. The molecule has 0 spiro atoms. The first-order valence-electron chi connectivity index (χ1n) is 15.1. The quantitative estimate of drug-likeness (QED) is 0.342. The number of hydrogen-bond donors (Lipinski definition) is 2. The molecule has 0 aromatic heterocycles. The molecule has 2 N–H and O–H groups in total. The maximum absolute atomic E-state index is 14.0. The van der Waals surface area contributed by atoms with Crippen molar-refractivity contribution in [1.29, 1.82) is 0 Å². The first kappa shape index (κ1) is 32.1. The lowest BCUT2D eigenvalue weighted by Gasteiger charge is -2.56. The number of aromatic hydroxyl groups is 1. The van der Waals surface area contributed by atoms with Gasteiger partial charge in [0, 0.05) is 38.1 Å². The number of carbonyl (C=O) groups excluding carboxylic acids is 3. The molecule has 11 heteroatoms. The fourth-order valence-corrected chi connectivity index (χ4v) is 6.00. The van der Waals surface area contributed by atoms with E-state index >= 15 is 0 Å². The minimum atomic E-state index is -0.648. The van der Waals surface area contributed by atoms with Crippen LogP contribution in [0.2, 0.25) is 0 Å². The van der Waals surface area contributed by atoms with Crippen molar-refractivity contribution in [2.75, 3.05) is 38.7 Å². The molecule has 2 aliphatic rings. The molecule has 46 heavy (non-hydrogen) atoms. The molecule has 3 aromatic carbocycles. The summed E-state index contributed by atoms with van der Waals surface area (Å²) in [5.74, 6) is 0.0307. The van der Waals surface area contributed by atoms with Crippen LogP contribution < -0.4 is 10.2 Å². The number of hydrazine groups is 1. The van der Waals surface area contributed by atoms with Crippen LogP contribution in [0.3, 0.4) is 0 Å². The van der Waals surface area contributed by atoms with Crippen molar-refractivity contribution < 1.29 is 24.2 Å². The summed E-state index contributed by atoms with van der Waals surface area (Å²) in [5.41, 5.74) is 4.17. The average Bonchev–Trinajstić information content (AvgIpc) is 3.06. The number of benzene rings is 3. The third-order valence-corrected chi connectivity index (χ3v) is 8.34. The molecule has 0 aliphatic carbocycles. The summed E-state index contributed by atoms with van der Waals surface area (Å²) in [6, 6.07) is 23.3. The molecule has 0 bridgehead atoms. The summed E-state index contributed by atoms with van der Waals surface area (Å²) in [4.78, 5) is 45.3. The predicted molar refractivity (Wildman–Crippen MR) is 175 cm³/mol. The molecular weight excluding hydrogens is 584 g/mol. The molecule has 5 rings (SSSR count). The van der Waals surface area contributed by atoms with Gasteiger partial charge in [-0.2, -0.15) is 0 Å². The van der Waals surface area contributed by atoms with Crippen molar-refractivity contribution in [3.63, 3.8) is 0 Å². The Morgan fingerprint density at radius 3 is 2.46 bits per heavy atom. The number of nitrogens with zero attached hydrogens (tertiary/aromatic N) is 5. The molecule has 3 aromatic rings. The summed E-state index contributed by atoms with van der Waals surface area (Å²) in [7, 11) is 2.98. The number of phenols is 1. The van der Waals surface area contributed by atoms with E-state index in [2.05, 4.69) is 23.4 Å². The number of carbonyl (C=O) groups is 3. The Morgan fingerprint density at radius 2 is 1.76 bits per heavy atom. The second-order valence-corrected chi connectivity index (χ2v) is 11.4. The minimum Gasteiger partial charge on any atom is -0.508 e. The standard InChI is InChI=1S/C35H40N6O5/c1-5-18-39-24-33(43)40-31(20-26-14-16-30(42)17-15-26)25(2)38(22-28-12-9-13-29(19-28)37(3)35(45)46-4)23-32(40)41(39)34(44)36-21-27-10-7-6-8-11-27/h5-17,19,31-32,42H,1-2,18,20-24H2,3-4H3,(H,36,44)/t31-,32?/m0/s1. The summed E-state index contributed by atoms with van der Waals surface area (Å²) in [6.07, 6.45) is 0.982. The molecule has 11 nitrogen and oxygen atoms in total. The van der Waals surface area contributed by atoms with E-state index in [0.717, 1.165) is 22.4 Å². The lowest BCUT2D eigenvalue weighted by atomic mass is 9.96. The maximum atomic E-state index is 14.0. The minimum absolute atomic E-state index is 0.00252. The van der Waals surface area contributed by atoms with Crippen molar-refractivity contribution in [1.82, 2.24) is 25.1 Å². The van der Waals surface area contributed by atoms with Gasteiger partial charge in [0.05, 0.1) is 26.2 Å². The molecule has 240 valence electrons. The number of anilines is 1. The molecule has 2 aliphatic heterocycles. The zero-order chi connectivity index (χ0) is 32.8. The van der Waals surface area contributed by atoms with E-state index in [1.54, 1.807) is 40.2 Å². The van der Waals surface area contributed by atoms with Crippen LogP contribution in [0.4, 0.5) is 15.3 Å². The van der Waals surface area contributed by atoms with Gasteiger partial charge in [0.15, 0.2) is 0 Å². The Kier molecular flexibility index (Phi) is 9.92. The highest BCUT2D eigenvalue weighted by Crippen LogP contribution is 2.34. The van der Waals surface area contributed by atoms with E-state index < -0.39 is 18.3 Å². The zero-order valence-corrected chi connectivity index (χ0v) is 26.2. The van der Waals surface area contributed by atoms with Crippen LogP contribution >= 0.6 is 0 Å². The number of nitrogens with one attached hydrogen (secondary N) is 1. The van der Waals surface area contributed by atoms with Crippen molar-refractivity contribution in [3.8, 4) is 5.75 Å². The van der Waals surface area contributed by atoms with Crippen LogP contribution in [0.25, 0.3) is 0 Å². The van der Waals surface area contributed by atoms with Gasteiger partial charge in [-0.15, -0.1) is 6.58 Å². The zero-order valence-electron chi connectivity index (χ0n) is 26.2. The Bertz CT molecular complexity index is 1580. The van der Waals surface area contributed by atoms with Crippen molar-refractivity contribution >= 4 is 23.7 Å². The van der Waals surface area contributed by atoms with E-state index in [4.69, 9.17) is 4.74 Å². The fourth-order valence-electron chi connectivity index (χ4n) is 6.00. The number of urea groups is 1. The Labute approximate surface area is 269 Å². The van der Waals surface area contributed by atoms with Gasteiger partial charge in [0.25, 0.3) is 0 Å². The van der Waals surface area contributed by atoms with E-state index in [1.807, 2.05) is 66.7 Å². The SMILES string of the molecule is C=CCN1CC(=O)N2C(CN(Cc3cccc(N(C)C(=O)OC)c3)C(=C)[C@@H]2Cc2ccc(O)cc2)N1C(=O)NCc1ccccc1. The fraction of sp³-hybridized carbons (Fsp3) is 0.286. The molecule has 0 saturated carbocycles. The van der Waals surface area contributed by atoms with E-state index in [9.17, 15) is 19.5 Å². The number of rotatable bonds is 9.